The minimum Gasteiger partial charge on any atom is -0.236 e. The van der Waals surface area contributed by atoms with Crippen molar-refractivity contribution in [2.24, 2.45) is 0 Å². The standard InChI is InChI=1S/C16H17N2S/c1-3-9-18-10-5-7-13(11-18)16-17-15-12(2)6-4-8-14(15)19-16/h4-8,10-11H,3,9H2,1-2H3/q+1. The lowest BCUT2D eigenvalue weighted by Crippen LogP contribution is -2.32. The van der Waals surface area contributed by atoms with Gasteiger partial charge in [-0.2, -0.15) is 0 Å². The fraction of sp³-hybridized carbons (Fsp3) is 0.250. The van der Waals surface area contributed by atoms with Crippen LogP contribution in [0.3, 0.4) is 0 Å². The molecule has 0 aliphatic rings. The normalized spacial score (nSPS) is 11.1. The summed E-state index contributed by atoms with van der Waals surface area (Å²) in [7, 11) is 0. The number of benzene rings is 1. The van der Waals surface area contributed by atoms with Gasteiger partial charge in [-0.15, -0.1) is 11.3 Å². The first-order chi connectivity index (χ1) is 9.28. The molecule has 0 spiro atoms. The Morgan fingerprint density at radius 2 is 2.11 bits per heavy atom. The second kappa shape index (κ2) is 5.10. The summed E-state index contributed by atoms with van der Waals surface area (Å²) in [4.78, 5) is 4.79. The van der Waals surface area contributed by atoms with Crippen LogP contribution >= 0.6 is 11.3 Å². The summed E-state index contributed by atoms with van der Waals surface area (Å²) in [6.45, 7) is 5.37. The molecule has 1 aromatic carbocycles. The number of nitrogens with zero attached hydrogens (tertiary/aromatic N) is 2. The molecule has 0 unspecified atom stereocenters. The number of pyridine rings is 1. The molecule has 19 heavy (non-hydrogen) atoms. The highest BCUT2D eigenvalue weighted by Gasteiger charge is 2.10. The maximum Gasteiger partial charge on any atom is 0.179 e. The molecule has 3 aromatic rings. The van der Waals surface area contributed by atoms with Gasteiger partial charge in [0.25, 0.3) is 0 Å². The van der Waals surface area contributed by atoms with E-state index in [0.717, 1.165) is 23.5 Å². The van der Waals surface area contributed by atoms with E-state index in [1.54, 1.807) is 11.3 Å². The van der Waals surface area contributed by atoms with Crippen LogP contribution in [0.25, 0.3) is 20.8 Å². The van der Waals surface area contributed by atoms with Gasteiger partial charge in [0.05, 0.1) is 15.8 Å². The van der Waals surface area contributed by atoms with Crippen LogP contribution in [0.4, 0.5) is 0 Å². The minimum absolute atomic E-state index is 1.05. The summed E-state index contributed by atoms with van der Waals surface area (Å²) < 4.78 is 3.50. The molecule has 2 aromatic heterocycles. The fourth-order valence-corrected chi connectivity index (χ4v) is 3.29. The zero-order chi connectivity index (χ0) is 13.2. The molecule has 3 heteroatoms. The Morgan fingerprint density at radius 3 is 2.89 bits per heavy atom. The summed E-state index contributed by atoms with van der Waals surface area (Å²) in [6.07, 6.45) is 5.45. The monoisotopic (exact) mass is 269 g/mol. The van der Waals surface area contributed by atoms with Crippen molar-refractivity contribution in [3.63, 3.8) is 0 Å². The predicted octanol–water partition coefficient (Wildman–Crippen LogP) is 3.97. The Bertz CT molecular complexity index is 716. The van der Waals surface area contributed by atoms with Crippen LogP contribution in [0, 0.1) is 6.92 Å². The zero-order valence-corrected chi connectivity index (χ0v) is 12.1. The van der Waals surface area contributed by atoms with Crippen molar-refractivity contribution in [1.82, 2.24) is 4.98 Å². The molecule has 0 N–H and O–H groups in total. The molecule has 2 heterocycles. The Hall–Kier alpha value is -1.74. The average Bonchev–Trinajstić information content (AvgIpc) is 2.85. The summed E-state index contributed by atoms with van der Waals surface area (Å²) in [5.41, 5.74) is 3.59. The van der Waals surface area contributed by atoms with Crippen molar-refractivity contribution in [2.75, 3.05) is 0 Å². The molecule has 2 nitrogen and oxygen atoms in total. The van der Waals surface area contributed by atoms with Gasteiger partial charge in [0.1, 0.15) is 11.6 Å². The second-order valence-corrected chi connectivity index (χ2v) is 5.80. The molecule has 0 amide bonds. The summed E-state index contributed by atoms with van der Waals surface area (Å²) in [6, 6.07) is 10.6. The van der Waals surface area contributed by atoms with Gasteiger partial charge in [0.15, 0.2) is 12.4 Å². The van der Waals surface area contributed by atoms with Crippen molar-refractivity contribution in [3.8, 4) is 10.6 Å². The molecule has 0 saturated carbocycles. The van der Waals surface area contributed by atoms with Crippen LogP contribution in [-0.4, -0.2) is 4.98 Å². The Labute approximate surface area is 117 Å². The van der Waals surface area contributed by atoms with Gasteiger partial charge in [-0.25, -0.2) is 9.55 Å². The van der Waals surface area contributed by atoms with Gasteiger partial charge in [-0.1, -0.05) is 19.1 Å². The lowest BCUT2D eigenvalue weighted by molar-refractivity contribution is -0.696. The van der Waals surface area contributed by atoms with Crippen LogP contribution in [0.5, 0.6) is 0 Å². The first-order valence-corrected chi connectivity index (χ1v) is 7.45. The molecule has 0 fully saturated rings. The van der Waals surface area contributed by atoms with E-state index < -0.39 is 0 Å². The van der Waals surface area contributed by atoms with Gasteiger partial charge >= 0.3 is 0 Å². The quantitative estimate of drug-likeness (QED) is 0.657. The topological polar surface area (TPSA) is 16.8 Å². The third-order valence-corrected chi connectivity index (χ3v) is 4.28. The van der Waals surface area contributed by atoms with E-state index in [1.165, 1.54) is 15.8 Å². The highest BCUT2D eigenvalue weighted by Crippen LogP contribution is 2.30. The molecule has 0 atom stereocenters. The smallest absolute Gasteiger partial charge is 0.179 e. The van der Waals surface area contributed by atoms with E-state index >= 15 is 0 Å². The average molecular weight is 269 g/mol. The molecular weight excluding hydrogens is 252 g/mol. The molecule has 0 aliphatic carbocycles. The van der Waals surface area contributed by atoms with E-state index in [9.17, 15) is 0 Å². The molecule has 3 rings (SSSR count). The third kappa shape index (κ3) is 2.38. The van der Waals surface area contributed by atoms with Crippen LogP contribution in [-0.2, 0) is 6.54 Å². The number of aryl methyl sites for hydroxylation is 2. The molecule has 0 radical (unpaired) electrons. The fourth-order valence-electron chi connectivity index (χ4n) is 2.26. The maximum absolute atomic E-state index is 4.79. The molecule has 0 bridgehead atoms. The number of hydrogen-bond acceptors (Lipinski definition) is 2. The summed E-state index contributed by atoms with van der Waals surface area (Å²) in [5.74, 6) is 0. The van der Waals surface area contributed by atoms with Crippen LogP contribution in [0.15, 0.2) is 42.7 Å². The number of para-hydroxylation sites is 1. The van der Waals surface area contributed by atoms with Crippen LogP contribution in [0.2, 0.25) is 0 Å². The van der Waals surface area contributed by atoms with Gasteiger partial charge in [-0.05, 0) is 24.6 Å². The molecule has 0 aliphatic heterocycles. The van der Waals surface area contributed by atoms with Crippen molar-refractivity contribution in [1.29, 1.82) is 0 Å². The maximum atomic E-state index is 4.79. The molecule has 96 valence electrons. The van der Waals surface area contributed by atoms with Crippen molar-refractivity contribution in [3.05, 3.63) is 48.3 Å². The number of thiazole rings is 1. The lowest BCUT2D eigenvalue weighted by Gasteiger charge is -1.96. The lowest BCUT2D eigenvalue weighted by atomic mass is 10.2. The van der Waals surface area contributed by atoms with E-state index in [-0.39, 0.29) is 0 Å². The van der Waals surface area contributed by atoms with Gasteiger partial charge < -0.3 is 0 Å². The van der Waals surface area contributed by atoms with Crippen LogP contribution < -0.4 is 4.57 Å². The van der Waals surface area contributed by atoms with Crippen molar-refractivity contribution >= 4 is 21.6 Å². The SMILES string of the molecule is CCC[n+]1cccc(-c2nc3c(C)cccc3s2)c1. The highest BCUT2D eigenvalue weighted by molar-refractivity contribution is 7.21. The second-order valence-electron chi connectivity index (χ2n) is 4.77. The zero-order valence-electron chi connectivity index (χ0n) is 11.3. The Morgan fingerprint density at radius 1 is 1.21 bits per heavy atom. The summed E-state index contributed by atoms with van der Waals surface area (Å²) >= 11 is 1.77. The highest BCUT2D eigenvalue weighted by atomic mass is 32.1. The van der Waals surface area contributed by atoms with Gasteiger partial charge in [0.2, 0.25) is 0 Å². The third-order valence-electron chi connectivity index (χ3n) is 3.21. The first-order valence-electron chi connectivity index (χ1n) is 6.63. The molecular formula is C16H17N2S+. The number of rotatable bonds is 3. The van der Waals surface area contributed by atoms with E-state index in [1.807, 2.05) is 0 Å². The Kier molecular flexibility index (Phi) is 3.30. The molecule has 0 saturated heterocycles. The number of fused-ring (bicyclic) bond motifs is 1. The Balaban J connectivity index is 2.08. The van der Waals surface area contributed by atoms with Crippen molar-refractivity contribution < 1.29 is 4.57 Å². The van der Waals surface area contributed by atoms with Gasteiger partial charge in [0, 0.05) is 12.5 Å². The van der Waals surface area contributed by atoms with Crippen LogP contribution in [0.1, 0.15) is 18.9 Å². The van der Waals surface area contributed by atoms with E-state index in [0.29, 0.717) is 0 Å². The van der Waals surface area contributed by atoms with E-state index in [2.05, 4.69) is 61.1 Å². The first kappa shape index (κ1) is 12.3. The predicted molar refractivity (Wildman–Crippen MR) is 80.3 cm³/mol. The minimum atomic E-state index is 1.05. The largest absolute Gasteiger partial charge is 0.236 e. The van der Waals surface area contributed by atoms with E-state index in [4.69, 9.17) is 4.98 Å². The number of hydrogen-bond donors (Lipinski definition) is 0. The van der Waals surface area contributed by atoms with Crippen molar-refractivity contribution in [2.45, 2.75) is 26.8 Å². The van der Waals surface area contributed by atoms with Gasteiger partial charge in [-0.3, -0.25) is 0 Å². The summed E-state index contributed by atoms with van der Waals surface area (Å²) in [5, 5.41) is 1.11. The number of aromatic nitrogens is 2.